The van der Waals surface area contributed by atoms with Gasteiger partial charge in [0.2, 0.25) is 5.88 Å². The molecule has 3 rings (SSSR count). The second-order valence-electron chi connectivity index (χ2n) is 6.24. The van der Waals surface area contributed by atoms with Crippen molar-refractivity contribution >= 4 is 5.69 Å². The first kappa shape index (κ1) is 13.7. The van der Waals surface area contributed by atoms with Gasteiger partial charge in [0, 0.05) is 18.8 Å². The molecule has 1 spiro atoms. The number of hydrogen-bond acceptors (Lipinski definition) is 4. The molecule has 110 valence electrons. The number of rotatable bonds is 4. The van der Waals surface area contributed by atoms with E-state index in [0.717, 1.165) is 25.1 Å². The van der Waals surface area contributed by atoms with Crippen LogP contribution in [0.25, 0.3) is 0 Å². The minimum atomic E-state index is 0.137. The van der Waals surface area contributed by atoms with Crippen LogP contribution in [0.4, 0.5) is 5.69 Å². The molecule has 20 heavy (non-hydrogen) atoms. The van der Waals surface area contributed by atoms with Crippen molar-refractivity contribution in [3.05, 3.63) is 18.3 Å². The lowest BCUT2D eigenvalue weighted by Gasteiger charge is -2.47. The number of anilines is 1. The maximum atomic E-state index is 5.98. The summed E-state index contributed by atoms with van der Waals surface area (Å²) in [4.78, 5) is 4.34. The number of hydrogen-bond donors (Lipinski definition) is 1. The highest BCUT2D eigenvalue weighted by molar-refractivity contribution is 5.53. The molecular formula is C16H24N2O2. The number of nitrogens with one attached hydrogen (secondary N) is 1. The van der Waals surface area contributed by atoms with Crippen LogP contribution in [0.2, 0.25) is 0 Å². The molecule has 1 aromatic rings. The molecule has 1 aliphatic carbocycles. The molecule has 0 radical (unpaired) electrons. The topological polar surface area (TPSA) is 43.4 Å². The SMILES string of the molecule is CC(C)Oc1ncccc1NC1CCOC2(CCC2)C1. The van der Waals surface area contributed by atoms with Crippen molar-refractivity contribution in [2.75, 3.05) is 11.9 Å². The molecule has 1 saturated carbocycles. The molecule has 1 aliphatic heterocycles. The Morgan fingerprint density at radius 3 is 3.00 bits per heavy atom. The van der Waals surface area contributed by atoms with Crippen LogP contribution in [0.1, 0.15) is 46.0 Å². The van der Waals surface area contributed by atoms with Crippen LogP contribution in [-0.4, -0.2) is 29.3 Å². The Morgan fingerprint density at radius 1 is 1.45 bits per heavy atom. The number of nitrogens with zero attached hydrogens (tertiary/aromatic N) is 1. The molecule has 4 nitrogen and oxygen atoms in total. The summed E-state index contributed by atoms with van der Waals surface area (Å²) in [5, 5.41) is 3.61. The summed E-state index contributed by atoms with van der Waals surface area (Å²) in [6.45, 7) is 4.91. The van der Waals surface area contributed by atoms with E-state index in [-0.39, 0.29) is 11.7 Å². The largest absolute Gasteiger partial charge is 0.473 e. The van der Waals surface area contributed by atoms with E-state index in [2.05, 4.69) is 10.3 Å². The summed E-state index contributed by atoms with van der Waals surface area (Å²) in [7, 11) is 0. The zero-order valence-corrected chi connectivity index (χ0v) is 12.4. The molecule has 0 aromatic carbocycles. The molecule has 4 heteroatoms. The molecule has 2 heterocycles. The zero-order valence-electron chi connectivity index (χ0n) is 12.4. The Labute approximate surface area is 120 Å². The normalized spacial score (nSPS) is 24.4. The van der Waals surface area contributed by atoms with Crippen LogP contribution in [0, 0.1) is 0 Å². The van der Waals surface area contributed by atoms with Crippen LogP contribution in [0.5, 0.6) is 5.88 Å². The zero-order chi connectivity index (χ0) is 14.0. The monoisotopic (exact) mass is 276 g/mol. The lowest BCUT2D eigenvalue weighted by molar-refractivity contribution is -0.130. The van der Waals surface area contributed by atoms with E-state index in [4.69, 9.17) is 9.47 Å². The quantitative estimate of drug-likeness (QED) is 0.915. The van der Waals surface area contributed by atoms with Gasteiger partial charge in [-0.15, -0.1) is 0 Å². The predicted molar refractivity (Wildman–Crippen MR) is 79.2 cm³/mol. The summed E-state index contributed by atoms with van der Waals surface area (Å²) >= 11 is 0. The van der Waals surface area contributed by atoms with Crippen molar-refractivity contribution in [1.82, 2.24) is 4.98 Å². The van der Waals surface area contributed by atoms with Crippen LogP contribution in [0.15, 0.2) is 18.3 Å². The Hall–Kier alpha value is -1.29. The third kappa shape index (κ3) is 2.90. The molecule has 1 saturated heterocycles. The van der Waals surface area contributed by atoms with E-state index in [1.807, 2.05) is 26.0 Å². The molecule has 0 amide bonds. The maximum Gasteiger partial charge on any atom is 0.237 e. The lowest BCUT2D eigenvalue weighted by Crippen LogP contribution is -2.49. The van der Waals surface area contributed by atoms with Gasteiger partial charge in [-0.3, -0.25) is 0 Å². The van der Waals surface area contributed by atoms with Gasteiger partial charge in [0.1, 0.15) is 0 Å². The summed E-state index contributed by atoms with van der Waals surface area (Å²) in [5.74, 6) is 0.705. The second kappa shape index (κ2) is 5.60. The van der Waals surface area contributed by atoms with Gasteiger partial charge in [-0.2, -0.15) is 0 Å². The van der Waals surface area contributed by atoms with Gasteiger partial charge in [0.05, 0.1) is 17.4 Å². The first-order valence-corrected chi connectivity index (χ1v) is 7.69. The van der Waals surface area contributed by atoms with Crippen molar-refractivity contribution < 1.29 is 9.47 Å². The van der Waals surface area contributed by atoms with Crippen LogP contribution in [0.3, 0.4) is 0 Å². The third-order valence-electron chi connectivity index (χ3n) is 4.24. The van der Waals surface area contributed by atoms with Gasteiger partial charge in [0.15, 0.2) is 0 Å². The summed E-state index contributed by atoms with van der Waals surface area (Å²) in [6, 6.07) is 4.46. The van der Waals surface area contributed by atoms with E-state index in [1.165, 1.54) is 19.3 Å². The molecule has 1 aromatic heterocycles. The highest BCUT2D eigenvalue weighted by atomic mass is 16.5. The Bertz CT molecular complexity index is 458. The van der Waals surface area contributed by atoms with Crippen LogP contribution in [-0.2, 0) is 4.74 Å². The molecule has 1 atom stereocenters. The Morgan fingerprint density at radius 2 is 2.30 bits per heavy atom. The summed E-state index contributed by atoms with van der Waals surface area (Å²) in [5.41, 5.74) is 1.17. The molecule has 0 bridgehead atoms. The highest BCUT2D eigenvalue weighted by Crippen LogP contribution is 2.43. The fourth-order valence-electron chi connectivity index (χ4n) is 3.11. The lowest BCUT2D eigenvalue weighted by atomic mass is 9.74. The van der Waals surface area contributed by atoms with Crippen molar-refractivity contribution in [3.8, 4) is 5.88 Å². The molecular weight excluding hydrogens is 252 g/mol. The number of ether oxygens (including phenoxy) is 2. The van der Waals surface area contributed by atoms with Gasteiger partial charge in [-0.1, -0.05) is 0 Å². The fraction of sp³-hybridized carbons (Fsp3) is 0.688. The average Bonchev–Trinajstić information content (AvgIpc) is 2.39. The minimum Gasteiger partial charge on any atom is -0.473 e. The van der Waals surface area contributed by atoms with Gasteiger partial charge in [-0.05, 0) is 58.1 Å². The van der Waals surface area contributed by atoms with Crippen LogP contribution < -0.4 is 10.1 Å². The third-order valence-corrected chi connectivity index (χ3v) is 4.24. The molecule has 1 unspecified atom stereocenters. The van der Waals surface area contributed by atoms with E-state index >= 15 is 0 Å². The smallest absolute Gasteiger partial charge is 0.237 e. The molecule has 2 fully saturated rings. The Balaban J connectivity index is 1.67. The van der Waals surface area contributed by atoms with Gasteiger partial charge in [-0.25, -0.2) is 4.98 Å². The summed E-state index contributed by atoms with van der Waals surface area (Å²) < 4.78 is 11.8. The van der Waals surface area contributed by atoms with Gasteiger partial charge < -0.3 is 14.8 Å². The first-order valence-electron chi connectivity index (χ1n) is 7.69. The number of aromatic nitrogens is 1. The van der Waals surface area contributed by atoms with Gasteiger partial charge in [0.25, 0.3) is 0 Å². The van der Waals surface area contributed by atoms with E-state index in [0.29, 0.717) is 11.9 Å². The van der Waals surface area contributed by atoms with Crippen molar-refractivity contribution in [3.63, 3.8) is 0 Å². The van der Waals surface area contributed by atoms with Crippen molar-refractivity contribution in [1.29, 1.82) is 0 Å². The van der Waals surface area contributed by atoms with Crippen LogP contribution >= 0.6 is 0 Å². The molecule has 2 aliphatic rings. The standard InChI is InChI=1S/C16H24N2O2/c1-12(2)20-15-14(5-3-9-17-15)18-13-6-10-19-16(11-13)7-4-8-16/h3,5,9,12-13,18H,4,6-8,10-11H2,1-2H3. The van der Waals surface area contributed by atoms with Gasteiger partial charge >= 0.3 is 0 Å². The average molecular weight is 276 g/mol. The number of pyridine rings is 1. The summed E-state index contributed by atoms with van der Waals surface area (Å²) in [6.07, 6.45) is 7.81. The maximum absolute atomic E-state index is 5.98. The predicted octanol–water partition coefficient (Wildman–Crippen LogP) is 3.38. The second-order valence-corrected chi connectivity index (χ2v) is 6.24. The Kier molecular flexibility index (Phi) is 3.83. The highest BCUT2D eigenvalue weighted by Gasteiger charge is 2.42. The minimum absolute atomic E-state index is 0.137. The van der Waals surface area contributed by atoms with Crippen molar-refractivity contribution in [2.45, 2.75) is 63.7 Å². The van der Waals surface area contributed by atoms with E-state index in [9.17, 15) is 0 Å². The van der Waals surface area contributed by atoms with E-state index in [1.54, 1.807) is 6.20 Å². The van der Waals surface area contributed by atoms with Crippen molar-refractivity contribution in [2.24, 2.45) is 0 Å². The first-order chi connectivity index (χ1) is 9.67. The van der Waals surface area contributed by atoms with E-state index < -0.39 is 0 Å². The fourth-order valence-corrected chi connectivity index (χ4v) is 3.11. The molecule has 1 N–H and O–H groups in total.